The Kier molecular flexibility index (Phi) is 7.35. The van der Waals surface area contributed by atoms with Gasteiger partial charge in [-0.15, -0.1) is 0 Å². The Bertz CT molecular complexity index is 521. The molecule has 7 nitrogen and oxygen atoms in total. The van der Waals surface area contributed by atoms with Gasteiger partial charge >= 0.3 is 0 Å². The molecule has 0 radical (unpaired) electrons. The number of likely N-dealkylation sites (tertiary alicyclic amines) is 1. The van der Waals surface area contributed by atoms with E-state index in [2.05, 4.69) is 39.3 Å². The van der Waals surface area contributed by atoms with Crippen LogP contribution in [0.4, 0.5) is 0 Å². The number of hydrogen-bond acceptors (Lipinski definition) is 4. The normalized spacial score (nSPS) is 29.1. The topological polar surface area (TPSA) is 69.2 Å². The highest BCUT2D eigenvalue weighted by Crippen LogP contribution is 2.27. The molecule has 3 atom stereocenters. The maximum absolute atomic E-state index is 12.6. The van der Waals surface area contributed by atoms with Crippen LogP contribution in [-0.4, -0.2) is 86.2 Å². The Morgan fingerprint density at radius 2 is 2.04 bits per heavy atom. The fraction of sp³-hybridized carbons (Fsp3) is 0.900. The van der Waals surface area contributed by atoms with Crippen molar-refractivity contribution in [3.63, 3.8) is 0 Å². The van der Waals surface area contributed by atoms with Crippen LogP contribution in [0, 0.1) is 5.92 Å². The van der Waals surface area contributed by atoms with Crippen molar-refractivity contribution in [2.24, 2.45) is 10.9 Å². The number of rotatable bonds is 5. The molecule has 0 spiro atoms. The zero-order chi connectivity index (χ0) is 19.2. The van der Waals surface area contributed by atoms with Crippen LogP contribution >= 0.6 is 0 Å². The van der Waals surface area contributed by atoms with E-state index < -0.39 is 0 Å². The third-order valence-electron chi connectivity index (χ3n) is 6.32. The molecule has 1 amide bonds. The maximum atomic E-state index is 12.6. The molecule has 3 rings (SSSR count). The van der Waals surface area contributed by atoms with Crippen molar-refractivity contribution < 1.29 is 9.53 Å². The first-order chi connectivity index (χ1) is 13.1. The van der Waals surface area contributed by atoms with Crippen LogP contribution in [0.15, 0.2) is 4.99 Å². The zero-order valence-electron chi connectivity index (χ0n) is 17.2. The molecule has 1 aliphatic carbocycles. The lowest BCUT2D eigenvalue weighted by Crippen LogP contribution is -2.54. The quantitative estimate of drug-likeness (QED) is 0.552. The van der Waals surface area contributed by atoms with Gasteiger partial charge in [-0.05, 0) is 33.1 Å². The van der Waals surface area contributed by atoms with E-state index in [9.17, 15) is 4.79 Å². The lowest BCUT2D eigenvalue weighted by atomic mass is 10.1. The molecule has 0 aromatic carbocycles. The second kappa shape index (κ2) is 9.73. The number of nitrogens with zero attached hydrogens (tertiary/aromatic N) is 3. The number of nitrogens with one attached hydrogen (secondary N) is 2. The number of hydrogen-bond donors (Lipinski definition) is 2. The van der Waals surface area contributed by atoms with E-state index in [1.54, 1.807) is 0 Å². The first-order valence-corrected chi connectivity index (χ1v) is 10.7. The number of ether oxygens (including phenoxy) is 1. The molecule has 27 heavy (non-hydrogen) atoms. The highest BCUT2D eigenvalue weighted by atomic mass is 16.5. The van der Waals surface area contributed by atoms with Gasteiger partial charge in [0, 0.05) is 57.3 Å². The minimum absolute atomic E-state index is 0.276. The van der Waals surface area contributed by atoms with Gasteiger partial charge in [0.15, 0.2) is 5.96 Å². The highest BCUT2D eigenvalue weighted by Gasteiger charge is 2.32. The molecular weight excluding hydrogens is 342 g/mol. The summed E-state index contributed by atoms with van der Waals surface area (Å²) >= 11 is 0. The zero-order valence-corrected chi connectivity index (χ0v) is 17.2. The summed E-state index contributed by atoms with van der Waals surface area (Å²) in [4.78, 5) is 21.5. The third-order valence-corrected chi connectivity index (χ3v) is 6.32. The lowest BCUT2D eigenvalue weighted by molar-refractivity contribution is -0.134. The SMILES string of the molecule is CN=C(NCC(C)N1CCOCC1C)NC1CCN(C(=O)C2CCCC2)C1. The monoisotopic (exact) mass is 379 g/mol. The van der Waals surface area contributed by atoms with Crippen LogP contribution < -0.4 is 10.6 Å². The lowest BCUT2D eigenvalue weighted by Gasteiger charge is -2.38. The number of morpholine rings is 1. The maximum Gasteiger partial charge on any atom is 0.225 e. The summed E-state index contributed by atoms with van der Waals surface area (Å²) in [5.41, 5.74) is 0. The van der Waals surface area contributed by atoms with E-state index in [0.29, 0.717) is 24.0 Å². The fourth-order valence-electron chi connectivity index (χ4n) is 4.65. The Labute approximate surface area is 163 Å². The van der Waals surface area contributed by atoms with E-state index >= 15 is 0 Å². The molecule has 2 heterocycles. The molecule has 0 aromatic heterocycles. The van der Waals surface area contributed by atoms with Gasteiger partial charge in [-0.2, -0.15) is 0 Å². The summed E-state index contributed by atoms with van der Waals surface area (Å²) in [5, 5.41) is 6.98. The number of guanidine groups is 1. The molecule has 3 fully saturated rings. The van der Waals surface area contributed by atoms with Crippen LogP contribution in [0.2, 0.25) is 0 Å². The van der Waals surface area contributed by atoms with Crippen LogP contribution in [0.1, 0.15) is 46.0 Å². The largest absolute Gasteiger partial charge is 0.379 e. The van der Waals surface area contributed by atoms with Crippen LogP contribution in [0.3, 0.4) is 0 Å². The standard InChI is InChI=1S/C20H37N5O2/c1-15(25-10-11-27-14-16(25)2)12-22-20(21-3)23-18-8-9-24(13-18)19(26)17-6-4-5-7-17/h15-18H,4-14H2,1-3H3,(H2,21,22,23). The van der Waals surface area contributed by atoms with E-state index in [1.807, 2.05) is 7.05 Å². The van der Waals surface area contributed by atoms with Gasteiger partial charge in [0.2, 0.25) is 5.91 Å². The predicted molar refractivity (Wildman–Crippen MR) is 108 cm³/mol. The first kappa shape index (κ1) is 20.4. The van der Waals surface area contributed by atoms with E-state index in [4.69, 9.17) is 4.74 Å². The summed E-state index contributed by atoms with van der Waals surface area (Å²) in [5.74, 6) is 1.48. The van der Waals surface area contributed by atoms with Gasteiger partial charge in [-0.1, -0.05) is 12.8 Å². The van der Waals surface area contributed by atoms with E-state index in [1.165, 1.54) is 12.8 Å². The number of carbonyl (C=O) groups is 1. The molecule has 2 aliphatic heterocycles. The number of carbonyl (C=O) groups excluding carboxylic acids is 1. The predicted octanol–water partition coefficient (Wildman–Crippen LogP) is 1.05. The molecule has 0 bridgehead atoms. The summed E-state index contributed by atoms with van der Waals surface area (Å²) in [6.07, 6.45) is 5.57. The minimum Gasteiger partial charge on any atom is -0.379 e. The molecule has 154 valence electrons. The molecule has 2 saturated heterocycles. The molecule has 3 aliphatic rings. The highest BCUT2D eigenvalue weighted by molar-refractivity contribution is 5.81. The van der Waals surface area contributed by atoms with Crippen LogP contribution in [-0.2, 0) is 9.53 Å². The fourth-order valence-corrected chi connectivity index (χ4v) is 4.65. The number of amides is 1. The summed E-state index contributed by atoms with van der Waals surface area (Å²) < 4.78 is 5.53. The summed E-state index contributed by atoms with van der Waals surface area (Å²) in [6, 6.07) is 1.17. The van der Waals surface area contributed by atoms with Gasteiger partial charge in [0.05, 0.1) is 13.2 Å². The van der Waals surface area contributed by atoms with E-state index in [0.717, 1.165) is 64.6 Å². The Morgan fingerprint density at radius 1 is 1.26 bits per heavy atom. The Morgan fingerprint density at radius 3 is 2.74 bits per heavy atom. The summed E-state index contributed by atoms with van der Waals surface area (Å²) in [7, 11) is 1.81. The van der Waals surface area contributed by atoms with Crippen molar-refractivity contribution in [1.29, 1.82) is 0 Å². The van der Waals surface area contributed by atoms with Crippen molar-refractivity contribution in [3.8, 4) is 0 Å². The van der Waals surface area contributed by atoms with Gasteiger partial charge < -0.3 is 20.3 Å². The summed E-state index contributed by atoms with van der Waals surface area (Å²) in [6.45, 7) is 9.59. The van der Waals surface area contributed by atoms with Crippen molar-refractivity contribution in [3.05, 3.63) is 0 Å². The second-order valence-electron chi connectivity index (χ2n) is 8.36. The molecule has 0 aromatic rings. The minimum atomic E-state index is 0.276. The third kappa shape index (κ3) is 5.35. The second-order valence-corrected chi connectivity index (χ2v) is 8.36. The molecule has 3 unspecified atom stereocenters. The van der Waals surface area contributed by atoms with Gasteiger partial charge in [0.1, 0.15) is 0 Å². The van der Waals surface area contributed by atoms with E-state index in [-0.39, 0.29) is 5.92 Å². The van der Waals surface area contributed by atoms with Crippen molar-refractivity contribution in [2.45, 2.75) is 64.1 Å². The van der Waals surface area contributed by atoms with Gasteiger partial charge in [-0.3, -0.25) is 14.7 Å². The Hall–Kier alpha value is -1.34. The Balaban J connectivity index is 1.41. The van der Waals surface area contributed by atoms with Crippen molar-refractivity contribution in [2.75, 3.05) is 46.4 Å². The first-order valence-electron chi connectivity index (χ1n) is 10.7. The molecule has 1 saturated carbocycles. The smallest absolute Gasteiger partial charge is 0.225 e. The molecule has 7 heteroatoms. The van der Waals surface area contributed by atoms with Crippen molar-refractivity contribution >= 4 is 11.9 Å². The average molecular weight is 380 g/mol. The van der Waals surface area contributed by atoms with Crippen LogP contribution in [0.25, 0.3) is 0 Å². The average Bonchev–Trinajstić information content (AvgIpc) is 3.36. The molecular formula is C20H37N5O2. The van der Waals surface area contributed by atoms with Gasteiger partial charge in [-0.25, -0.2) is 0 Å². The van der Waals surface area contributed by atoms with Crippen molar-refractivity contribution in [1.82, 2.24) is 20.4 Å². The van der Waals surface area contributed by atoms with Crippen LogP contribution in [0.5, 0.6) is 0 Å². The number of aliphatic imine (C=N–C) groups is 1. The van der Waals surface area contributed by atoms with Gasteiger partial charge in [0.25, 0.3) is 0 Å². The molecule has 2 N–H and O–H groups in total.